The number of carbonyl (C=O) groups is 1. The molecule has 0 fully saturated rings. The second-order valence-corrected chi connectivity index (χ2v) is 5.37. The summed E-state index contributed by atoms with van der Waals surface area (Å²) in [6, 6.07) is 15.1. The van der Waals surface area contributed by atoms with Crippen molar-refractivity contribution >= 4 is 5.91 Å². The van der Waals surface area contributed by atoms with E-state index in [0.717, 1.165) is 11.3 Å². The van der Waals surface area contributed by atoms with Gasteiger partial charge >= 0.3 is 0 Å². The van der Waals surface area contributed by atoms with E-state index in [-0.39, 0.29) is 5.91 Å². The number of rotatable bonds is 6. The highest BCUT2D eigenvalue weighted by molar-refractivity contribution is 5.93. The Bertz CT molecular complexity index is 859. The topological polar surface area (TPSA) is 65.4 Å². The third kappa shape index (κ3) is 3.80. The van der Waals surface area contributed by atoms with E-state index in [1.807, 2.05) is 42.5 Å². The zero-order valence-electron chi connectivity index (χ0n) is 14.1. The number of methoxy groups -OCH3 is 2. The lowest BCUT2D eigenvalue weighted by Crippen LogP contribution is -2.22. The van der Waals surface area contributed by atoms with E-state index in [1.165, 1.54) is 0 Å². The van der Waals surface area contributed by atoms with E-state index < -0.39 is 0 Å². The Balaban J connectivity index is 1.68. The first-order valence-corrected chi connectivity index (χ1v) is 7.80. The summed E-state index contributed by atoms with van der Waals surface area (Å²) < 4.78 is 12.2. The van der Waals surface area contributed by atoms with Gasteiger partial charge in [0.05, 0.1) is 31.7 Å². The van der Waals surface area contributed by atoms with Crippen LogP contribution in [0.4, 0.5) is 0 Å². The predicted octanol–water partition coefficient (Wildman–Crippen LogP) is 2.82. The van der Waals surface area contributed by atoms with Crippen LogP contribution in [-0.2, 0) is 6.54 Å². The van der Waals surface area contributed by atoms with Crippen LogP contribution >= 0.6 is 0 Å². The molecule has 0 radical (unpaired) electrons. The smallest absolute Gasteiger partial charge is 0.254 e. The van der Waals surface area contributed by atoms with Crippen LogP contribution in [0.5, 0.6) is 11.5 Å². The minimum absolute atomic E-state index is 0.194. The summed E-state index contributed by atoms with van der Waals surface area (Å²) in [5.41, 5.74) is 2.27. The number of hydrogen-bond acceptors (Lipinski definition) is 4. The molecule has 1 N–H and O–H groups in total. The van der Waals surface area contributed by atoms with E-state index in [9.17, 15) is 4.79 Å². The van der Waals surface area contributed by atoms with Gasteiger partial charge in [0.2, 0.25) is 0 Å². The van der Waals surface area contributed by atoms with E-state index >= 15 is 0 Å². The molecule has 6 heteroatoms. The fourth-order valence-electron chi connectivity index (χ4n) is 2.44. The number of aromatic nitrogens is 2. The van der Waals surface area contributed by atoms with Gasteiger partial charge in [0, 0.05) is 24.4 Å². The number of nitrogens with zero attached hydrogens (tertiary/aromatic N) is 2. The number of para-hydroxylation sites is 1. The molecule has 0 aliphatic heterocycles. The number of carbonyl (C=O) groups excluding carboxylic acids is 1. The highest BCUT2D eigenvalue weighted by Gasteiger charge is 2.11. The van der Waals surface area contributed by atoms with Gasteiger partial charge in [-0.2, -0.15) is 5.10 Å². The van der Waals surface area contributed by atoms with Crippen LogP contribution < -0.4 is 14.8 Å². The molecule has 0 atom stereocenters. The molecule has 0 bridgehead atoms. The second kappa shape index (κ2) is 7.53. The van der Waals surface area contributed by atoms with E-state index in [4.69, 9.17) is 9.47 Å². The summed E-state index contributed by atoms with van der Waals surface area (Å²) in [7, 11) is 3.19. The molecular weight excluding hydrogens is 318 g/mol. The summed E-state index contributed by atoms with van der Waals surface area (Å²) in [4.78, 5) is 12.4. The van der Waals surface area contributed by atoms with Crippen LogP contribution in [0.3, 0.4) is 0 Å². The molecule has 1 heterocycles. The molecule has 3 aromatic rings. The van der Waals surface area contributed by atoms with E-state index in [0.29, 0.717) is 23.6 Å². The molecule has 2 aromatic carbocycles. The largest absolute Gasteiger partial charge is 0.497 e. The van der Waals surface area contributed by atoms with Gasteiger partial charge in [-0.25, -0.2) is 4.68 Å². The van der Waals surface area contributed by atoms with Crippen molar-refractivity contribution in [3.63, 3.8) is 0 Å². The van der Waals surface area contributed by atoms with Crippen LogP contribution in [0.1, 0.15) is 15.9 Å². The maximum Gasteiger partial charge on any atom is 0.254 e. The number of hydrogen-bond donors (Lipinski definition) is 1. The molecule has 3 rings (SSSR count). The van der Waals surface area contributed by atoms with Crippen LogP contribution in [0, 0.1) is 0 Å². The Hall–Kier alpha value is -3.28. The molecule has 128 valence electrons. The van der Waals surface area contributed by atoms with Crippen molar-refractivity contribution in [1.29, 1.82) is 0 Å². The fraction of sp³-hybridized carbons (Fsp3) is 0.158. The van der Waals surface area contributed by atoms with Gasteiger partial charge in [-0.1, -0.05) is 18.2 Å². The summed E-state index contributed by atoms with van der Waals surface area (Å²) >= 11 is 0. The number of ether oxygens (including phenoxy) is 2. The average molecular weight is 337 g/mol. The van der Waals surface area contributed by atoms with Crippen LogP contribution in [0.25, 0.3) is 5.69 Å². The van der Waals surface area contributed by atoms with Crippen molar-refractivity contribution in [2.24, 2.45) is 0 Å². The highest BCUT2D eigenvalue weighted by Crippen LogP contribution is 2.24. The molecule has 6 nitrogen and oxygen atoms in total. The molecule has 0 aliphatic carbocycles. The van der Waals surface area contributed by atoms with Crippen molar-refractivity contribution in [1.82, 2.24) is 15.1 Å². The number of nitrogens with one attached hydrogen (secondary N) is 1. The van der Waals surface area contributed by atoms with Gasteiger partial charge in [-0.3, -0.25) is 4.79 Å². The summed E-state index contributed by atoms with van der Waals surface area (Å²) in [5.74, 6) is 1.18. The number of benzene rings is 2. The summed E-state index contributed by atoms with van der Waals surface area (Å²) in [6.07, 6.45) is 3.25. The van der Waals surface area contributed by atoms with Gasteiger partial charge in [0.15, 0.2) is 0 Å². The molecular formula is C19H19N3O3. The Morgan fingerprint density at radius 1 is 1.12 bits per heavy atom. The summed E-state index contributed by atoms with van der Waals surface area (Å²) in [5, 5.41) is 7.11. The SMILES string of the molecule is COc1ccc(CNC(=O)c2cnn(-c3ccccc3)c2)c(OC)c1. The standard InChI is InChI=1S/C19H19N3O3/c1-24-17-9-8-14(18(10-17)25-2)11-20-19(23)15-12-21-22(13-15)16-6-4-3-5-7-16/h3-10,12-13H,11H2,1-2H3,(H,20,23). The lowest BCUT2D eigenvalue weighted by atomic mass is 10.2. The maximum atomic E-state index is 12.4. The molecule has 25 heavy (non-hydrogen) atoms. The van der Waals surface area contributed by atoms with E-state index in [1.54, 1.807) is 37.4 Å². The Morgan fingerprint density at radius 2 is 1.92 bits per heavy atom. The Kier molecular flexibility index (Phi) is 4.99. The first-order chi connectivity index (χ1) is 12.2. The maximum absolute atomic E-state index is 12.4. The summed E-state index contributed by atoms with van der Waals surface area (Å²) in [6.45, 7) is 0.350. The van der Waals surface area contributed by atoms with Crippen molar-refractivity contribution in [3.05, 3.63) is 72.1 Å². The van der Waals surface area contributed by atoms with Crippen LogP contribution in [0.15, 0.2) is 60.9 Å². The Labute approximate surface area is 146 Å². The highest BCUT2D eigenvalue weighted by atomic mass is 16.5. The Morgan fingerprint density at radius 3 is 2.64 bits per heavy atom. The lowest BCUT2D eigenvalue weighted by molar-refractivity contribution is 0.0950. The number of amides is 1. The monoisotopic (exact) mass is 337 g/mol. The third-order valence-electron chi connectivity index (χ3n) is 3.80. The van der Waals surface area contributed by atoms with Crippen molar-refractivity contribution in [2.45, 2.75) is 6.54 Å². The van der Waals surface area contributed by atoms with E-state index in [2.05, 4.69) is 10.4 Å². The predicted molar refractivity (Wildman–Crippen MR) is 94.3 cm³/mol. The van der Waals surface area contributed by atoms with Crippen molar-refractivity contribution in [2.75, 3.05) is 14.2 Å². The first-order valence-electron chi connectivity index (χ1n) is 7.80. The molecule has 1 aromatic heterocycles. The van der Waals surface area contributed by atoms with Gasteiger partial charge in [-0.15, -0.1) is 0 Å². The second-order valence-electron chi connectivity index (χ2n) is 5.37. The molecule has 0 saturated heterocycles. The minimum atomic E-state index is -0.194. The van der Waals surface area contributed by atoms with Crippen molar-refractivity contribution < 1.29 is 14.3 Å². The molecule has 0 spiro atoms. The molecule has 0 saturated carbocycles. The average Bonchev–Trinajstić information content (AvgIpc) is 3.17. The zero-order chi connectivity index (χ0) is 17.6. The van der Waals surface area contributed by atoms with Gasteiger partial charge < -0.3 is 14.8 Å². The third-order valence-corrected chi connectivity index (χ3v) is 3.80. The molecule has 0 unspecified atom stereocenters. The normalized spacial score (nSPS) is 10.3. The van der Waals surface area contributed by atoms with Gasteiger partial charge in [0.1, 0.15) is 11.5 Å². The zero-order valence-corrected chi connectivity index (χ0v) is 14.1. The van der Waals surface area contributed by atoms with Crippen molar-refractivity contribution in [3.8, 4) is 17.2 Å². The van der Waals surface area contributed by atoms with Crippen LogP contribution in [-0.4, -0.2) is 29.9 Å². The fourth-order valence-corrected chi connectivity index (χ4v) is 2.44. The quantitative estimate of drug-likeness (QED) is 0.751. The molecule has 1 amide bonds. The lowest BCUT2D eigenvalue weighted by Gasteiger charge is -2.11. The van der Waals surface area contributed by atoms with Gasteiger partial charge in [0.25, 0.3) is 5.91 Å². The molecule has 0 aliphatic rings. The minimum Gasteiger partial charge on any atom is -0.497 e. The van der Waals surface area contributed by atoms with Gasteiger partial charge in [-0.05, 0) is 24.3 Å². The first kappa shape index (κ1) is 16.6. The van der Waals surface area contributed by atoms with Crippen LogP contribution in [0.2, 0.25) is 0 Å².